The van der Waals surface area contributed by atoms with E-state index in [2.05, 4.69) is 21.6 Å². The molecule has 2 bridgehead atoms. The molecule has 2 atom stereocenters. The van der Waals surface area contributed by atoms with Gasteiger partial charge in [0.05, 0.1) is 11.6 Å². The van der Waals surface area contributed by atoms with Gasteiger partial charge in [0.1, 0.15) is 0 Å². The second kappa shape index (κ2) is 6.45. The molecule has 2 N–H and O–H groups in total. The SMILES string of the molecule is N#Cc1ccc(NC(=O)NC2CC3CCCC(C2)N3C2CC2)cc1. The Balaban J connectivity index is 1.33. The average Bonchev–Trinajstić information content (AvgIpc) is 3.39. The molecular formula is C19H24N4O. The zero-order chi connectivity index (χ0) is 16.5. The van der Waals surface area contributed by atoms with Crippen LogP contribution in [0.2, 0.25) is 0 Å². The van der Waals surface area contributed by atoms with Crippen LogP contribution in [0, 0.1) is 11.3 Å². The first-order chi connectivity index (χ1) is 11.7. The second-order valence-electron chi connectivity index (χ2n) is 7.37. The van der Waals surface area contributed by atoms with Gasteiger partial charge in [0, 0.05) is 29.9 Å². The number of rotatable bonds is 3. The summed E-state index contributed by atoms with van der Waals surface area (Å²) in [5, 5.41) is 14.9. The largest absolute Gasteiger partial charge is 0.335 e. The fraction of sp³-hybridized carbons (Fsp3) is 0.579. The summed E-state index contributed by atoms with van der Waals surface area (Å²) in [7, 11) is 0. The number of amides is 2. The van der Waals surface area contributed by atoms with E-state index in [9.17, 15) is 4.79 Å². The normalized spacial score (nSPS) is 29.5. The van der Waals surface area contributed by atoms with Gasteiger partial charge in [-0.1, -0.05) is 6.42 Å². The third-order valence-corrected chi connectivity index (χ3v) is 5.61. The molecule has 1 aliphatic carbocycles. The number of carbonyl (C=O) groups excluding carboxylic acids is 1. The van der Waals surface area contributed by atoms with Crippen LogP contribution in [-0.2, 0) is 0 Å². The fourth-order valence-corrected chi connectivity index (χ4v) is 4.49. The summed E-state index contributed by atoms with van der Waals surface area (Å²) in [6.07, 6.45) is 8.78. The zero-order valence-electron chi connectivity index (χ0n) is 13.9. The standard InChI is InChI=1S/C19H24N4O/c20-12-13-4-6-14(7-5-13)21-19(24)22-15-10-17-2-1-3-18(11-15)23(17)16-8-9-16/h4-7,15-18H,1-3,8-11H2,(H2,21,22,24). The third kappa shape index (κ3) is 3.25. The molecule has 1 aromatic rings. The fourth-order valence-electron chi connectivity index (χ4n) is 4.49. The van der Waals surface area contributed by atoms with Gasteiger partial charge in [0.2, 0.25) is 0 Å². The van der Waals surface area contributed by atoms with Gasteiger partial charge in [0.25, 0.3) is 0 Å². The molecule has 3 aliphatic rings. The third-order valence-electron chi connectivity index (χ3n) is 5.61. The van der Waals surface area contributed by atoms with Gasteiger partial charge in [0.15, 0.2) is 0 Å². The summed E-state index contributed by atoms with van der Waals surface area (Å²) >= 11 is 0. The monoisotopic (exact) mass is 324 g/mol. The molecular weight excluding hydrogens is 300 g/mol. The number of hydrogen-bond acceptors (Lipinski definition) is 3. The van der Waals surface area contributed by atoms with Crippen molar-refractivity contribution in [3.63, 3.8) is 0 Å². The van der Waals surface area contributed by atoms with E-state index >= 15 is 0 Å². The molecule has 1 aromatic carbocycles. The Morgan fingerprint density at radius 3 is 2.29 bits per heavy atom. The molecule has 126 valence electrons. The van der Waals surface area contributed by atoms with Crippen LogP contribution in [0.25, 0.3) is 0 Å². The van der Waals surface area contributed by atoms with Crippen LogP contribution in [0.5, 0.6) is 0 Å². The summed E-state index contributed by atoms with van der Waals surface area (Å²) in [5.41, 5.74) is 1.32. The maximum Gasteiger partial charge on any atom is 0.319 e. The number of nitrogens with zero attached hydrogens (tertiary/aromatic N) is 2. The second-order valence-corrected chi connectivity index (χ2v) is 7.37. The smallest absolute Gasteiger partial charge is 0.319 e. The Labute approximate surface area is 143 Å². The molecule has 5 heteroatoms. The van der Waals surface area contributed by atoms with Gasteiger partial charge in [-0.25, -0.2) is 4.79 Å². The summed E-state index contributed by atoms with van der Waals surface area (Å²) in [6, 6.07) is 11.3. The van der Waals surface area contributed by atoms with E-state index in [4.69, 9.17) is 5.26 Å². The van der Waals surface area contributed by atoms with E-state index < -0.39 is 0 Å². The Morgan fingerprint density at radius 1 is 1.04 bits per heavy atom. The topological polar surface area (TPSA) is 68.2 Å². The first-order valence-electron chi connectivity index (χ1n) is 9.08. The van der Waals surface area contributed by atoms with Crippen molar-refractivity contribution in [3.05, 3.63) is 29.8 Å². The summed E-state index contributed by atoms with van der Waals surface area (Å²) in [6.45, 7) is 0. The molecule has 3 fully saturated rings. The molecule has 4 rings (SSSR count). The summed E-state index contributed by atoms with van der Waals surface area (Å²) in [4.78, 5) is 15.0. The summed E-state index contributed by atoms with van der Waals surface area (Å²) < 4.78 is 0. The maximum atomic E-state index is 12.3. The van der Waals surface area contributed by atoms with Crippen molar-refractivity contribution in [2.45, 2.75) is 69.1 Å². The number of anilines is 1. The maximum absolute atomic E-state index is 12.3. The van der Waals surface area contributed by atoms with E-state index in [0.29, 0.717) is 17.6 Å². The highest BCUT2D eigenvalue weighted by Gasteiger charge is 2.45. The average molecular weight is 324 g/mol. The molecule has 2 amide bonds. The van der Waals surface area contributed by atoms with Crippen molar-refractivity contribution in [1.29, 1.82) is 5.26 Å². The lowest BCUT2D eigenvalue weighted by molar-refractivity contribution is 0.0198. The van der Waals surface area contributed by atoms with Crippen molar-refractivity contribution in [3.8, 4) is 6.07 Å². The number of nitrogens with one attached hydrogen (secondary N) is 2. The van der Waals surface area contributed by atoms with Crippen molar-refractivity contribution in [2.75, 3.05) is 5.32 Å². The number of nitriles is 1. The molecule has 0 aromatic heterocycles. The van der Waals surface area contributed by atoms with Crippen LogP contribution in [0.1, 0.15) is 50.5 Å². The molecule has 0 spiro atoms. The molecule has 0 radical (unpaired) electrons. The highest BCUT2D eigenvalue weighted by atomic mass is 16.2. The number of piperidine rings is 2. The minimum absolute atomic E-state index is 0.136. The van der Waals surface area contributed by atoms with Crippen molar-refractivity contribution < 1.29 is 4.79 Å². The number of urea groups is 1. The Bertz CT molecular complexity index is 632. The van der Waals surface area contributed by atoms with Gasteiger partial charge >= 0.3 is 6.03 Å². The highest BCUT2D eigenvalue weighted by molar-refractivity contribution is 5.89. The predicted molar refractivity (Wildman–Crippen MR) is 92.6 cm³/mol. The number of benzene rings is 1. The van der Waals surface area contributed by atoms with E-state index in [-0.39, 0.29) is 12.1 Å². The predicted octanol–water partition coefficient (Wildman–Crippen LogP) is 3.23. The Kier molecular flexibility index (Phi) is 4.15. The van der Waals surface area contributed by atoms with Gasteiger partial charge in [-0.15, -0.1) is 0 Å². The number of carbonyl (C=O) groups is 1. The Morgan fingerprint density at radius 2 is 1.71 bits per heavy atom. The van der Waals surface area contributed by atoms with Crippen molar-refractivity contribution in [1.82, 2.24) is 10.2 Å². The highest BCUT2D eigenvalue weighted by Crippen LogP contribution is 2.41. The van der Waals surface area contributed by atoms with Gasteiger partial charge in [-0.2, -0.15) is 5.26 Å². The molecule has 1 saturated carbocycles. The van der Waals surface area contributed by atoms with Crippen LogP contribution in [0.15, 0.2) is 24.3 Å². The zero-order valence-corrected chi connectivity index (χ0v) is 13.9. The molecule has 2 aliphatic heterocycles. The quantitative estimate of drug-likeness (QED) is 0.897. The molecule has 2 unspecified atom stereocenters. The van der Waals surface area contributed by atoms with Crippen LogP contribution in [0.4, 0.5) is 10.5 Å². The molecule has 2 saturated heterocycles. The van der Waals surface area contributed by atoms with E-state index in [1.165, 1.54) is 32.1 Å². The van der Waals surface area contributed by atoms with Gasteiger partial charge in [-0.05, 0) is 62.8 Å². The molecule has 2 heterocycles. The first kappa shape index (κ1) is 15.5. The lowest BCUT2D eigenvalue weighted by Crippen LogP contribution is -2.58. The van der Waals surface area contributed by atoms with Gasteiger partial charge in [-0.3, -0.25) is 4.90 Å². The van der Waals surface area contributed by atoms with Crippen LogP contribution < -0.4 is 10.6 Å². The van der Waals surface area contributed by atoms with Crippen molar-refractivity contribution in [2.24, 2.45) is 0 Å². The summed E-state index contributed by atoms with van der Waals surface area (Å²) in [5.74, 6) is 0. The van der Waals surface area contributed by atoms with Gasteiger partial charge < -0.3 is 10.6 Å². The van der Waals surface area contributed by atoms with E-state index in [1.54, 1.807) is 24.3 Å². The minimum atomic E-state index is -0.136. The van der Waals surface area contributed by atoms with E-state index in [0.717, 1.165) is 24.6 Å². The lowest BCUT2D eigenvalue weighted by atomic mass is 9.81. The van der Waals surface area contributed by atoms with Crippen LogP contribution >= 0.6 is 0 Å². The number of hydrogen-bond donors (Lipinski definition) is 2. The number of fused-ring (bicyclic) bond motifs is 2. The molecule has 5 nitrogen and oxygen atoms in total. The first-order valence-corrected chi connectivity index (χ1v) is 9.08. The minimum Gasteiger partial charge on any atom is -0.335 e. The van der Waals surface area contributed by atoms with Crippen molar-refractivity contribution >= 4 is 11.7 Å². The van der Waals surface area contributed by atoms with Crippen LogP contribution in [-0.4, -0.2) is 35.1 Å². The lowest BCUT2D eigenvalue weighted by Gasteiger charge is -2.49. The Hall–Kier alpha value is -2.06. The molecule has 24 heavy (non-hydrogen) atoms. The van der Waals surface area contributed by atoms with Crippen LogP contribution in [0.3, 0.4) is 0 Å². The van der Waals surface area contributed by atoms with E-state index in [1.807, 2.05) is 0 Å².